The average Bonchev–Trinajstić information content (AvgIpc) is 2.01. The molecule has 1 rings (SSSR count). The molecule has 0 saturated carbocycles. The fraction of sp³-hybridized carbons (Fsp3) is 0.286. The van der Waals surface area contributed by atoms with E-state index >= 15 is 0 Å². The molecule has 0 aliphatic carbocycles. The highest BCUT2D eigenvalue weighted by Gasteiger charge is 2.34. The van der Waals surface area contributed by atoms with E-state index in [1.165, 1.54) is 0 Å². The standard InChI is InChI=1S/C7H4F5NS/c8-6(9)14-5-4(7(10,11)12)2-1-3-13-5/h1-3,6H. The molecule has 14 heavy (non-hydrogen) atoms. The maximum absolute atomic E-state index is 12.2. The van der Waals surface area contributed by atoms with Gasteiger partial charge in [0.05, 0.1) is 5.56 Å². The van der Waals surface area contributed by atoms with Gasteiger partial charge in [0.15, 0.2) is 0 Å². The number of hydrogen-bond donors (Lipinski definition) is 0. The van der Waals surface area contributed by atoms with Gasteiger partial charge in [-0.1, -0.05) is 0 Å². The highest BCUT2D eigenvalue weighted by Crippen LogP contribution is 2.36. The van der Waals surface area contributed by atoms with Crippen molar-refractivity contribution < 1.29 is 22.0 Å². The van der Waals surface area contributed by atoms with E-state index in [1.807, 2.05) is 0 Å². The summed E-state index contributed by atoms with van der Waals surface area (Å²) in [6, 6.07) is 1.77. The first-order chi connectivity index (χ1) is 6.41. The Morgan fingerprint density at radius 2 is 1.93 bits per heavy atom. The Labute approximate surface area is 80.3 Å². The molecule has 78 valence electrons. The monoisotopic (exact) mass is 229 g/mol. The molecule has 1 aromatic heterocycles. The Balaban J connectivity index is 3.04. The summed E-state index contributed by atoms with van der Waals surface area (Å²) in [5.41, 5.74) is -1.13. The molecule has 0 amide bonds. The maximum atomic E-state index is 12.2. The minimum Gasteiger partial charge on any atom is -0.249 e. The third-order valence-corrected chi connectivity index (χ3v) is 2.00. The van der Waals surface area contributed by atoms with Gasteiger partial charge < -0.3 is 0 Å². The van der Waals surface area contributed by atoms with Crippen molar-refractivity contribution >= 4 is 11.8 Å². The SMILES string of the molecule is FC(F)Sc1ncccc1C(F)(F)F. The molecule has 0 N–H and O–H groups in total. The number of hydrogen-bond acceptors (Lipinski definition) is 2. The number of nitrogens with zero attached hydrogens (tertiary/aromatic N) is 1. The molecule has 0 atom stereocenters. The zero-order chi connectivity index (χ0) is 10.8. The van der Waals surface area contributed by atoms with Crippen LogP contribution in [-0.2, 0) is 6.18 Å². The molecule has 1 heterocycles. The van der Waals surface area contributed by atoms with Crippen LogP contribution in [-0.4, -0.2) is 10.7 Å². The van der Waals surface area contributed by atoms with E-state index in [2.05, 4.69) is 4.98 Å². The van der Waals surface area contributed by atoms with Crippen molar-refractivity contribution in [3.63, 3.8) is 0 Å². The summed E-state index contributed by atoms with van der Waals surface area (Å²) >= 11 is -0.213. The molecular weight excluding hydrogens is 225 g/mol. The van der Waals surface area contributed by atoms with Crippen molar-refractivity contribution in [2.75, 3.05) is 0 Å². The van der Waals surface area contributed by atoms with E-state index in [4.69, 9.17) is 0 Å². The summed E-state index contributed by atoms with van der Waals surface area (Å²) in [4.78, 5) is 3.25. The van der Waals surface area contributed by atoms with Crippen LogP contribution in [0.5, 0.6) is 0 Å². The molecule has 0 spiro atoms. The number of aromatic nitrogens is 1. The predicted molar refractivity (Wildman–Crippen MR) is 41.1 cm³/mol. The van der Waals surface area contributed by atoms with E-state index in [9.17, 15) is 22.0 Å². The number of alkyl halides is 5. The smallest absolute Gasteiger partial charge is 0.249 e. The van der Waals surface area contributed by atoms with Gasteiger partial charge in [-0.05, 0) is 23.9 Å². The van der Waals surface area contributed by atoms with E-state index < -0.39 is 22.5 Å². The minimum atomic E-state index is -4.65. The van der Waals surface area contributed by atoms with E-state index in [0.717, 1.165) is 18.3 Å². The molecule has 0 unspecified atom stereocenters. The van der Waals surface area contributed by atoms with E-state index in [-0.39, 0.29) is 11.8 Å². The van der Waals surface area contributed by atoms with Crippen LogP contribution < -0.4 is 0 Å². The second kappa shape index (κ2) is 4.12. The Bertz CT molecular complexity index is 311. The van der Waals surface area contributed by atoms with Crippen molar-refractivity contribution in [3.8, 4) is 0 Å². The summed E-state index contributed by atoms with van der Waals surface area (Å²) < 4.78 is 60.3. The van der Waals surface area contributed by atoms with Gasteiger partial charge in [-0.2, -0.15) is 22.0 Å². The first kappa shape index (κ1) is 11.2. The van der Waals surface area contributed by atoms with Crippen molar-refractivity contribution in [2.45, 2.75) is 17.0 Å². The van der Waals surface area contributed by atoms with Crippen LogP contribution in [0.25, 0.3) is 0 Å². The maximum Gasteiger partial charge on any atom is 0.419 e. The van der Waals surface area contributed by atoms with Crippen LogP contribution in [0, 0.1) is 0 Å². The fourth-order valence-electron chi connectivity index (χ4n) is 0.785. The second-order valence-electron chi connectivity index (χ2n) is 2.23. The topological polar surface area (TPSA) is 12.9 Å². The van der Waals surface area contributed by atoms with Crippen LogP contribution >= 0.6 is 11.8 Å². The Kier molecular flexibility index (Phi) is 3.30. The zero-order valence-corrected chi connectivity index (χ0v) is 7.37. The lowest BCUT2D eigenvalue weighted by molar-refractivity contribution is -0.140. The largest absolute Gasteiger partial charge is 0.419 e. The van der Waals surface area contributed by atoms with Crippen LogP contribution in [0.4, 0.5) is 22.0 Å². The molecule has 0 saturated heterocycles. The lowest BCUT2D eigenvalue weighted by Gasteiger charge is -2.09. The van der Waals surface area contributed by atoms with Gasteiger partial charge in [0.25, 0.3) is 5.76 Å². The highest BCUT2D eigenvalue weighted by molar-refractivity contribution is 7.99. The quantitative estimate of drug-likeness (QED) is 0.569. The molecular formula is C7H4F5NS. The van der Waals surface area contributed by atoms with Gasteiger partial charge in [0.2, 0.25) is 0 Å². The first-order valence-electron chi connectivity index (χ1n) is 3.38. The Hall–Kier alpha value is -0.850. The molecule has 0 aliphatic rings. The highest BCUT2D eigenvalue weighted by atomic mass is 32.2. The van der Waals surface area contributed by atoms with E-state index in [0.29, 0.717) is 0 Å². The number of thioether (sulfide) groups is 1. The third kappa shape index (κ3) is 2.83. The molecule has 1 aromatic rings. The molecule has 0 aliphatic heterocycles. The van der Waals surface area contributed by atoms with Crippen molar-refractivity contribution in [2.24, 2.45) is 0 Å². The van der Waals surface area contributed by atoms with Gasteiger partial charge in [0.1, 0.15) is 5.03 Å². The van der Waals surface area contributed by atoms with Gasteiger partial charge in [-0.3, -0.25) is 0 Å². The average molecular weight is 229 g/mol. The number of halogens is 5. The lowest BCUT2D eigenvalue weighted by Crippen LogP contribution is -2.08. The van der Waals surface area contributed by atoms with Crippen molar-refractivity contribution in [3.05, 3.63) is 23.9 Å². The summed E-state index contributed by atoms with van der Waals surface area (Å²) in [5, 5.41) is -0.699. The molecule has 0 radical (unpaired) electrons. The molecule has 1 nitrogen and oxygen atoms in total. The van der Waals surface area contributed by atoms with Crippen LogP contribution in [0.15, 0.2) is 23.4 Å². The molecule has 7 heteroatoms. The normalized spacial score (nSPS) is 12.1. The zero-order valence-electron chi connectivity index (χ0n) is 6.55. The molecule has 0 bridgehead atoms. The number of rotatable bonds is 2. The number of pyridine rings is 1. The van der Waals surface area contributed by atoms with Gasteiger partial charge in [-0.25, -0.2) is 4.98 Å². The second-order valence-corrected chi connectivity index (χ2v) is 3.21. The van der Waals surface area contributed by atoms with Gasteiger partial charge >= 0.3 is 6.18 Å². The van der Waals surface area contributed by atoms with Gasteiger partial charge in [0, 0.05) is 6.20 Å². The van der Waals surface area contributed by atoms with Gasteiger partial charge in [-0.15, -0.1) is 0 Å². The third-order valence-electron chi connectivity index (χ3n) is 1.28. The minimum absolute atomic E-state index is 0.213. The predicted octanol–water partition coefficient (Wildman–Crippen LogP) is 3.42. The first-order valence-corrected chi connectivity index (χ1v) is 4.26. The summed E-state index contributed by atoms with van der Waals surface area (Å²) in [6.45, 7) is 0. The van der Waals surface area contributed by atoms with Crippen LogP contribution in [0.1, 0.15) is 5.56 Å². The van der Waals surface area contributed by atoms with Crippen molar-refractivity contribution in [1.82, 2.24) is 4.98 Å². The van der Waals surface area contributed by atoms with Crippen LogP contribution in [0.3, 0.4) is 0 Å². The summed E-state index contributed by atoms with van der Waals surface area (Å²) in [7, 11) is 0. The molecule has 0 aromatic carbocycles. The fourth-order valence-corrected chi connectivity index (χ4v) is 1.39. The Morgan fingerprint density at radius 3 is 2.43 bits per heavy atom. The molecule has 0 fully saturated rings. The van der Waals surface area contributed by atoms with Crippen LogP contribution in [0.2, 0.25) is 0 Å². The Morgan fingerprint density at radius 1 is 1.29 bits per heavy atom. The van der Waals surface area contributed by atoms with E-state index in [1.54, 1.807) is 0 Å². The summed E-state index contributed by atoms with van der Waals surface area (Å²) in [6.07, 6.45) is -3.61. The lowest BCUT2D eigenvalue weighted by atomic mass is 10.3. The summed E-state index contributed by atoms with van der Waals surface area (Å²) in [5.74, 6) is -2.91. The van der Waals surface area contributed by atoms with Crippen molar-refractivity contribution in [1.29, 1.82) is 0 Å².